The average molecular weight is 324 g/mol. The van der Waals surface area contributed by atoms with Crippen LogP contribution in [0.5, 0.6) is 0 Å². The lowest BCUT2D eigenvalue weighted by molar-refractivity contribution is -0.119. The van der Waals surface area contributed by atoms with Crippen LogP contribution in [0.15, 0.2) is 12.1 Å². The van der Waals surface area contributed by atoms with Gasteiger partial charge in [0.25, 0.3) is 0 Å². The normalized spacial score (nSPS) is 20.8. The highest BCUT2D eigenvalue weighted by atomic mass is 32.2. The summed E-state index contributed by atoms with van der Waals surface area (Å²) >= 11 is 1.42. The van der Waals surface area contributed by atoms with Gasteiger partial charge in [0, 0.05) is 0 Å². The van der Waals surface area contributed by atoms with Crippen LogP contribution in [0.4, 0.5) is 5.13 Å². The van der Waals surface area contributed by atoms with E-state index in [1.165, 1.54) is 11.3 Å². The van der Waals surface area contributed by atoms with Gasteiger partial charge in [-0.3, -0.25) is 4.79 Å². The van der Waals surface area contributed by atoms with E-state index in [0.717, 1.165) is 21.3 Å². The van der Waals surface area contributed by atoms with Gasteiger partial charge in [-0.1, -0.05) is 17.4 Å². The molecule has 1 aliphatic rings. The maximum absolute atomic E-state index is 12.1. The third kappa shape index (κ3) is 2.94. The average Bonchev–Trinajstić information content (AvgIpc) is 2.92. The van der Waals surface area contributed by atoms with Gasteiger partial charge >= 0.3 is 0 Å². The third-order valence-electron chi connectivity index (χ3n) is 3.66. The van der Waals surface area contributed by atoms with Gasteiger partial charge in [0.2, 0.25) is 5.91 Å². The van der Waals surface area contributed by atoms with Gasteiger partial charge in [0.15, 0.2) is 15.0 Å². The van der Waals surface area contributed by atoms with E-state index in [1.807, 2.05) is 19.9 Å². The fourth-order valence-corrected chi connectivity index (χ4v) is 5.42. The molecule has 2 aromatic rings. The Morgan fingerprint density at radius 2 is 2.14 bits per heavy atom. The Labute approximate surface area is 127 Å². The number of amides is 1. The molecule has 0 unspecified atom stereocenters. The van der Waals surface area contributed by atoms with Gasteiger partial charge in [0.05, 0.1) is 27.6 Å². The van der Waals surface area contributed by atoms with Crippen molar-refractivity contribution in [1.29, 1.82) is 0 Å². The van der Waals surface area contributed by atoms with E-state index >= 15 is 0 Å². The topological polar surface area (TPSA) is 76.1 Å². The fraction of sp³-hybridized carbons (Fsp3) is 0.429. The number of sulfone groups is 1. The van der Waals surface area contributed by atoms with E-state index in [2.05, 4.69) is 16.4 Å². The van der Waals surface area contributed by atoms with Crippen molar-refractivity contribution in [1.82, 2.24) is 4.98 Å². The summed E-state index contributed by atoms with van der Waals surface area (Å²) in [6, 6.07) is 4.09. The van der Waals surface area contributed by atoms with E-state index in [9.17, 15) is 13.2 Å². The summed E-state index contributed by atoms with van der Waals surface area (Å²) in [5.74, 6) is -0.653. The molecule has 1 aromatic heterocycles. The zero-order valence-electron chi connectivity index (χ0n) is 11.8. The number of carbonyl (C=O) groups is 1. The van der Waals surface area contributed by atoms with E-state index in [-0.39, 0.29) is 17.4 Å². The Morgan fingerprint density at radius 1 is 1.38 bits per heavy atom. The molecule has 5 nitrogen and oxygen atoms in total. The number of anilines is 1. The maximum atomic E-state index is 12.1. The molecule has 1 amide bonds. The minimum atomic E-state index is -3.05. The second-order valence-electron chi connectivity index (χ2n) is 5.54. The Kier molecular flexibility index (Phi) is 3.49. The van der Waals surface area contributed by atoms with Gasteiger partial charge in [-0.2, -0.15) is 0 Å². The minimum Gasteiger partial charge on any atom is -0.302 e. The quantitative estimate of drug-likeness (QED) is 0.919. The molecule has 112 valence electrons. The molecule has 1 aromatic carbocycles. The molecule has 1 saturated heterocycles. The Morgan fingerprint density at radius 3 is 2.81 bits per heavy atom. The van der Waals surface area contributed by atoms with Gasteiger partial charge in [0.1, 0.15) is 0 Å². The first kappa shape index (κ1) is 14.5. The second kappa shape index (κ2) is 5.06. The number of carbonyl (C=O) groups excluding carboxylic acids is 1. The minimum absolute atomic E-state index is 0.0537. The van der Waals surface area contributed by atoms with Crippen molar-refractivity contribution in [3.8, 4) is 0 Å². The summed E-state index contributed by atoms with van der Waals surface area (Å²) in [6.45, 7) is 4.01. The predicted octanol–water partition coefficient (Wildman–Crippen LogP) is 2.29. The van der Waals surface area contributed by atoms with Crippen LogP contribution < -0.4 is 5.32 Å². The largest absolute Gasteiger partial charge is 0.302 e. The smallest absolute Gasteiger partial charge is 0.230 e. The summed E-state index contributed by atoms with van der Waals surface area (Å²) < 4.78 is 23.9. The number of fused-ring (bicyclic) bond motifs is 1. The van der Waals surface area contributed by atoms with Crippen LogP contribution in [0.2, 0.25) is 0 Å². The zero-order valence-corrected chi connectivity index (χ0v) is 13.5. The van der Waals surface area contributed by atoms with Crippen LogP contribution in [0.1, 0.15) is 17.5 Å². The second-order valence-corrected chi connectivity index (χ2v) is 8.80. The molecule has 1 atom stereocenters. The molecule has 21 heavy (non-hydrogen) atoms. The molecule has 1 aliphatic heterocycles. The Hall–Kier alpha value is -1.47. The van der Waals surface area contributed by atoms with Crippen molar-refractivity contribution >= 4 is 42.4 Å². The van der Waals surface area contributed by atoms with Crippen LogP contribution in [0.25, 0.3) is 10.2 Å². The highest BCUT2D eigenvalue weighted by Crippen LogP contribution is 2.30. The van der Waals surface area contributed by atoms with E-state index < -0.39 is 15.8 Å². The van der Waals surface area contributed by atoms with Crippen molar-refractivity contribution in [2.24, 2.45) is 5.92 Å². The van der Waals surface area contributed by atoms with Gasteiger partial charge in [-0.15, -0.1) is 0 Å². The first-order valence-corrected chi connectivity index (χ1v) is 9.37. The summed E-state index contributed by atoms with van der Waals surface area (Å²) in [7, 11) is -3.05. The molecule has 3 rings (SSSR count). The number of nitrogens with one attached hydrogen (secondary N) is 1. The standard InChI is InChI=1S/C14H16N2O3S2/c1-8-5-9(2)12-11(6-8)20-14(15-12)16-13(17)10-3-4-21(18,19)7-10/h5-6,10H,3-4,7H2,1-2H3,(H,15,16,17)/t10-/m0/s1. The van der Waals surface area contributed by atoms with Crippen LogP contribution in [-0.2, 0) is 14.6 Å². The van der Waals surface area contributed by atoms with Gasteiger partial charge < -0.3 is 5.32 Å². The van der Waals surface area contributed by atoms with Crippen molar-refractivity contribution in [3.05, 3.63) is 23.3 Å². The molecule has 0 radical (unpaired) electrons. The summed E-state index contributed by atoms with van der Waals surface area (Å²) in [5.41, 5.74) is 3.12. The lowest BCUT2D eigenvalue weighted by Crippen LogP contribution is -2.23. The van der Waals surface area contributed by atoms with Crippen molar-refractivity contribution in [3.63, 3.8) is 0 Å². The maximum Gasteiger partial charge on any atom is 0.230 e. The lowest BCUT2D eigenvalue weighted by Gasteiger charge is -2.06. The van der Waals surface area contributed by atoms with E-state index in [0.29, 0.717) is 11.6 Å². The number of nitrogens with zero attached hydrogens (tertiary/aromatic N) is 1. The Bertz CT molecular complexity index is 824. The summed E-state index contributed by atoms with van der Waals surface area (Å²) in [4.78, 5) is 16.6. The number of rotatable bonds is 2. The number of hydrogen-bond donors (Lipinski definition) is 1. The predicted molar refractivity (Wildman–Crippen MR) is 84.5 cm³/mol. The van der Waals surface area contributed by atoms with Gasteiger partial charge in [-0.05, 0) is 37.5 Å². The molecule has 0 aliphatic carbocycles. The van der Waals surface area contributed by atoms with E-state index in [4.69, 9.17) is 0 Å². The number of thiazole rings is 1. The van der Waals surface area contributed by atoms with Crippen molar-refractivity contribution in [2.45, 2.75) is 20.3 Å². The van der Waals surface area contributed by atoms with E-state index in [1.54, 1.807) is 0 Å². The lowest BCUT2D eigenvalue weighted by atomic mass is 10.1. The summed E-state index contributed by atoms with van der Waals surface area (Å²) in [5, 5.41) is 3.30. The zero-order chi connectivity index (χ0) is 15.2. The number of aromatic nitrogens is 1. The summed E-state index contributed by atoms with van der Waals surface area (Å²) in [6.07, 6.45) is 0.400. The molecule has 0 saturated carbocycles. The SMILES string of the molecule is Cc1cc(C)c2nc(NC(=O)[C@H]3CCS(=O)(=O)C3)sc2c1. The van der Waals surface area contributed by atoms with Crippen LogP contribution >= 0.6 is 11.3 Å². The fourth-order valence-electron chi connectivity index (χ4n) is 2.63. The monoisotopic (exact) mass is 324 g/mol. The van der Waals surface area contributed by atoms with Crippen molar-refractivity contribution < 1.29 is 13.2 Å². The molecule has 0 spiro atoms. The van der Waals surface area contributed by atoms with Crippen LogP contribution in [-0.4, -0.2) is 30.8 Å². The molecule has 7 heteroatoms. The van der Waals surface area contributed by atoms with Crippen LogP contribution in [0, 0.1) is 19.8 Å². The molecular weight excluding hydrogens is 308 g/mol. The Balaban J connectivity index is 1.82. The molecule has 2 heterocycles. The molecular formula is C14H16N2O3S2. The molecule has 1 N–H and O–H groups in total. The number of hydrogen-bond acceptors (Lipinski definition) is 5. The first-order valence-electron chi connectivity index (χ1n) is 6.73. The third-order valence-corrected chi connectivity index (χ3v) is 6.35. The highest BCUT2D eigenvalue weighted by molar-refractivity contribution is 7.91. The first-order chi connectivity index (χ1) is 9.84. The van der Waals surface area contributed by atoms with Crippen molar-refractivity contribution in [2.75, 3.05) is 16.8 Å². The molecule has 0 bridgehead atoms. The van der Waals surface area contributed by atoms with Crippen LogP contribution in [0.3, 0.4) is 0 Å². The number of aryl methyl sites for hydroxylation is 2. The highest BCUT2D eigenvalue weighted by Gasteiger charge is 2.33. The molecule has 1 fully saturated rings. The van der Waals surface area contributed by atoms with Gasteiger partial charge in [-0.25, -0.2) is 13.4 Å². The number of benzene rings is 1.